The van der Waals surface area contributed by atoms with E-state index in [1.165, 1.54) is 24.0 Å². The lowest BCUT2D eigenvalue weighted by Gasteiger charge is -2.40. The average Bonchev–Trinajstić information content (AvgIpc) is 2.89. The van der Waals surface area contributed by atoms with E-state index in [1.807, 2.05) is 0 Å². The van der Waals surface area contributed by atoms with Gasteiger partial charge in [-0.15, -0.1) is 0 Å². The van der Waals surface area contributed by atoms with Gasteiger partial charge in [0.25, 0.3) is 0 Å². The van der Waals surface area contributed by atoms with E-state index in [1.54, 1.807) is 6.07 Å². The molecule has 1 saturated heterocycles. The van der Waals surface area contributed by atoms with Gasteiger partial charge in [0.15, 0.2) is 0 Å². The number of alkyl halides is 3. The molecule has 0 unspecified atom stereocenters. The predicted octanol–water partition coefficient (Wildman–Crippen LogP) is 0.941. The van der Waals surface area contributed by atoms with E-state index in [2.05, 4.69) is 10.4 Å². The van der Waals surface area contributed by atoms with Crippen LogP contribution in [0, 0.1) is 0 Å². The Morgan fingerprint density at radius 3 is 2.64 bits per heavy atom. The highest BCUT2D eigenvalue weighted by Gasteiger charge is 2.48. The van der Waals surface area contributed by atoms with Gasteiger partial charge in [0.1, 0.15) is 12.6 Å². The van der Waals surface area contributed by atoms with Gasteiger partial charge in [-0.3, -0.25) is 14.3 Å². The number of likely N-dealkylation sites (tertiary alicyclic amines) is 1. The van der Waals surface area contributed by atoms with Crippen LogP contribution in [0.1, 0.15) is 19.8 Å². The number of nitrogens with zero attached hydrogens (tertiary/aromatic N) is 3. The predicted molar refractivity (Wildman–Crippen MR) is 70.6 cm³/mol. The van der Waals surface area contributed by atoms with Crippen LogP contribution in [0.4, 0.5) is 13.2 Å². The van der Waals surface area contributed by atoms with E-state index in [9.17, 15) is 22.8 Å². The normalized spacial score (nSPS) is 22.5. The zero-order valence-electron chi connectivity index (χ0n) is 12.0. The summed E-state index contributed by atoms with van der Waals surface area (Å²) < 4.78 is 40.6. The topological polar surface area (TPSA) is 67.2 Å². The van der Waals surface area contributed by atoms with Gasteiger partial charge in [-0.2, -0.15) is 18.3 Å². The van der Waals surface area contributed by atoms with Crippen molar-refractivity contribution in [2.75, 3.05) is 6.54 Å². The van der Waals surface area contributed by atoms with Gasteiger partial charge >= 0.3 is 6.18 Å². The molecule has 2 rings (SSSR count). The Morgan fingerprint density at radius 1 is 1.36 bits per heavy atom. The maximum atomic E-state index is 13.1. The maximum absolute atomic E-state index is 13.1. The van der Waals surface area contributed by atoms with Crippen LogP contribution < -0.4 is 5.32 Å². The molecule has 9 heteroatoms. The Morgan fingerprint density at radius 2 is 2.09 bits per heavy atom. The Labute approximate surface area is 125 Å². The second kappa shape index (κ2) is 6.37. The van der Waals surface area contributed by atoms with E-state index in [0.717, 1.165) is 4.90 Å². The van der Waals surface area contributed by atoms with E-state index in [0.29, 0.717) is 0 Å². The first-order valence-corrected chi connectivity index (χ1v) is 6.88. The molecule has 0 spiro atoms. The molecule has 0 aliphatic carbocycles. The van der Waals surface area contributed by atoms with Crippen LogP contribution in [-0.2, 0) is 16.1 Å². The summed E-state index contributed by atoms with van der Waals surface area (Å²) in [6.07, 6.45) is -1.56. The summed E-state index contributed by atoms with van der Waals surface area (Å²) >= 11 is 0. The van der Waals surface area contributed by atoms with E-state index >= 15 is 0 Å². The van der Waals surface area contributed by atoms with Crippen molar-refractivity contribution >= 4 is 11.8 Å². The largest absolute Gasteiger partial charge is 0.408 e. The monoisotopic (exact) mass is 318 g/mol. The van der Waals surface area contributed by atoms with Crippen LogP contribution in [0.25, 0.3) is 0 Å². The highest BCUT2D eigenvalue weighted by molar-refractivity contribution is 5.77. The molecule has 1 aromatic heterocycles. The number of carbonyl (C=O) groups excluding carboxylic acids is 2. The molecule has 2 amide bonds. The van der Waals surface area contributed by atoms with Gasteiger partial charge < -0.3 is 10.2 Å². The molecule has 2 atom stereocenters. The molecule has 22 heavy (non-hydrogen) atoms. The van der Waals surface area contributed by atoms with Crippen molar-refractivity contribution in [3.05, 3.63) is 18.5 Å². The summed E-state index contributed by atoms with van der Waals surface area (Å²) in [5.74, 6) is -0.990. The molecular weight excluding hydrogens is 301 g/mol. The Balaban J connectivity index is 2.12. The lowest BCUT2D eigenvalue weighted by atomic mass is 9.97. The minimum atomic E-state index is -4.49. The molecule has 1 aromatic rings. The smallest absolute Gasteiger partial charge is 0.352 e. The van der Waals surface area contributed by atoms with Crippen molar-refractivity contribution in [1.29, 1.82) is 0 Å². The fourth-order valence-electron chi connectivity index (χ4n) is 2.62. The standard InChI is InChI=1S/C13H17F3N4O2/c1-9(21)18-10-3-4-11(13(14,15)16)20(7-10)12(22)8-19-6-2-5-17-19/h2,5-6,10-11H,3-4,7-8H2,1H3,(H,18,21)/t10-,11-/m0/s1. The lowest BCUT2D eigenvalue weighted by Crippen LogP contribution is -2.58. The number of hydrogen-bond acceptors (Lipinski definition) is 3. The third-order valence-electron chi connectivity index (χ3n) is 3.54. The number of carbonyl (C=O) groups is 2. The second-order valence-electron chi connectivity index (χ2n) is 5.28. The summed E-state index contributed by atoms with van der Waals surface area (Å²) in [5.41, 5.74) is 0. The SMILES string of the molecule is CC(=O)N[C@H]1CC[C@@H](C(F)(F)F)N(C(=O)Cn2cccn2)C1. The van der Waals surface area contributed by atoms with Crippen LogP contribution in [-0.4, -0.2) is 51.3 Å². The Kier molecular flexibility index (Phi) is 4.72. The van der Waals surface area contributed by atoms with E-state index in [-0.39, 0.29) is 31.8 Å². The molecule has 1 aliphatic heterocycles. The zero-order valence-corrected chi connectivity index (χ0v) is 12.0. The van der Waals surface area contributed by atoms with Crippen LogP contribution in [0.5, 0.6) is 0 Å². The number of nitrogens with one attached hydrogen (secondary N) is 1. The first-order valence-electron chi connectivity index (χ1n) is 6.88. The molecule has 1 fully saturated rings. The first-order chi connectivity index (χ1) is 10.3. The maximum Gasteiger partial charge on any atom is 0.408 e. The Hall–Kier alpha value is -2.06. The molecule has 122 valence electrons. The number of halogens is 3. The van der Waals surface area contributed by atoms with Gasteiger partial charge in [0.05, 0.1) is 0 Å². The van der Waals surface area contributed by atoms with Crippen molar-refractivity contribution in [3.8, 4) is 0 Å². The quantitative estimate of drug-likeness (QED) is 0.902. The van der Waals surface area contributed by atoms with Crippen molar-refractivity contribution in [3.63, 3.8) is 0 Å². The Bertz CT molecular complexity index is 530. The molecule has 1 N–H and O–H groups in total. The lowest BCUT2D eigenvalue weighted by molar-refractivity contribution is -0.197. The summed E-state index contributed by atoms with van der Waals surface area (Å²) in [7, 11) is 0. The molecule has 0 aromatic carbocycles. The van der Waals surface area contributed by atoms with Crippen LogP contribution in [0.3, 0.4) is 0 Å². The van der Waals surface area contributed by atoms with Crippen molar-refractivity contribution in [2.24, 2.45) is 0 Å². The highest BCUT2D eigenvalue weighted by atomic mass is 19.4. The minimum Gasteiger partial charge on any atom is -0.352 e. The summed E-state index contributed by atoms with van der Waals surface area (Å²) in [5, 5.41) is 6.40. The molecule has 0 bridgehead atoms. The molecule has 2 heterocycles. The molecular formula is C13H17F3N4O2. The minimum absolute atomic E-state index is 0.149. The molecule has 6 nitrogen and oxygen atoms in total. The van der Waals surface area contributed by atoms with E-state index in [4.69, 9.17) is 0 Å². The van der Waals surface area contributed by atoms with Crippen molar-refractivity contribution in [2.45, 2.75) is 44.6 Å². The molecule has 0 radical (unpaired) electrons. The second-order valence-corrected chi connectivity index (χ2v) is 5.28. The fraction of sp³-hybridized carbons (Fsp3) is 0.615. The number of hydrogen-bond donors (Lipinski definition) is 1. The van der Waals surface area contributed by atoms with Crippen molar-refractivity contribution in [1.82, 2.24) is 20.0 Å². The van der Waals surface area contributed by atoms with E-state index < -0.39 is 24.2 Å². The van der Waals surface area contributed by atoms with Gasteiger partial charge in [-0.25, -0.2) is 0 Å². The summed E-state index contributed by atoms with van der Waals surface area (Å²) in [6.45, 7) is 0.891. The third kappa shape index (κ3) is 3.99. The summed E-state index contributed by atoms with van der Waals surface area (Å²) in [6, 6.07) is -0.691. The molecule has 0 saturated carbocycles. The number of amides is 2. The molecule has 1 aliphatic rings. The zero-order chi connectivity index (χ0) is 16.3. The number of rotatable bonds is 3. The summed E-state index contributed by atoms with van der Waals surface area (Å²) in [4.78, 5) is 24.1. The first kappa shape index (κ1) is 16.3. The third-order valence-corrected chi connectivity index (χ3v) is 3.54. The van der Waals surface area contributed by atoms with Crippen LogP contribution >= 0.6 is 0 Å². The average molecular weight is 318 g/mol. The highest BCUT2D eigenvalue weighted by Crippen LogP contribution is 2.32. The number of aromatic nitrogens is 2. The van der Waals surface area contributed by atoms with Gasteiger partial charge in [0, 0.05) is 31.9 Å². The fourth-order valence-corrected chi connectivity index (χ4v) is 2.62. The van der Waals surface area contributed by atoms with Gasteiger partial charge in [0.2, 0.25) is 11.8 Å². The van der Waals surface area contributed by atoms with Crippen LogP contribution in [0.2, 0.25) is 0 Å². The van der Waals surface area contributed by atoms with Crippen LogP contribution in [0.15, 0.2) is 18.5 Å². The number of piperidine rings is 1. The van der Waals surface area contributed by atoms with Gasteiger partial charge in [-0.1, -0.05) is 0 Å². The van der Waals surface area contributed by atoms with Gasteiger partial charge in [-0.05, 0) is 18.9 Å². The van der Waals surface area contributed by atoms with Crippen molar-refractivity contribution < 1.29 is 22.8 Å².